The van der Waals surface area contributed by atoms with Gasteiger partial charge in [-0.3, -0.25) is 4.79 Å². The van der Waals surface area contributed by atoms with Gasteiger partial charge in [0.25, 0.3) is 0 Å². The SMILES string of the molecule is COc1cc2c(cc1OCc1ccccc1)C(=O)CCc1cc(OC)c(OC)c(OC)c1-2. The molecule has 0 N–H and O–H groups in total. The molecule has 0 saturated heterocycles. The lowest BCUT2D eigenvalue weighted by molar-refractivity contribution is 0.0984. The number of ketones is 1. The fourth-order valence-corrected chi connectivity index (χ4v) is 4.09. The molecule has 0 radical (unpaired) electrons. The van der Waals surface area contributed by atoms with E-state index in [0.717, 1.165) is 22.3 Å². The second-order valence-corrected chi connectivity index (χ2v) is 7.43. The Morgan fingerprint density at radius 1 is 0.719 bits per heavy atom. The van der Waals surface area contributed by atoms with Crippen molar-refractivity contribution in [2.75, 3.05) is 28.4 Å². The predicted octanol–water partition coefficient (Wildman–Crippen LogP) is 5.10. The lowest BCUT2D eigenvalue weighted by atomic mass is 9.94. The van der Waals surface area contributed by atoms with Crippen molar-refractivity contribution >= 4 is 5.78 Å². The van der Waals surface area contributed by atoms with Crippen molar-refractivity contribution in [3.05, 3.63) is 65.2 Å². The molecule has 0 saturated carbocycles. The van der Waals surface area contributed by atoms with E-state index in [1.807, 2.05) is 42.5 Å². The predicted molar refractivity (Wildman–Crippen MR) is 122 cm³/mol. The Labute approximate surface area is 187 Å². The molecule has 4 rings (SSSR count). The molecule has 6 heteroatoms. The number of carbonyl (C=O) groups excluding carboxylic acids is 1. The Balaban J connectivity index is 1.87. The average molecular weight is 434 g/mol. The number of fused-ring (bicyclic) bond motifs is 3. The maximum absolute atomic E-state index is 13.1. The molecule has 0 amide bonds. The third-order valence-electron chi connectivity index (χ3n) is 5.64. The molecule has 0 heterocycles. The Kier molecular flexibility index (Phi) is 6.21. The Morgan fingerprint density at radius 2 is 1.41 bits per heavy atom. The first-order valence-corrected chi connectivity index (χ1v) is 10.3. The number of hydrogen-bond acceptors (Lipinski definition) is 6. The van der Waals surface area contributed by atoms with Crippen LogP contribution in [-0.2, 0) is 13.0 Å². The van der Waals surface area contributed by atoms with Crippen LogP contribution in [0.25, 0.3) is 11.1 Å². The molecule has 3 aromatic carbocycles. The van der Waals surface area contributed by atoms with Crippen LogP contribution in [0.3, 0.4) is 0 Å². The second-order valence-electron chi connectivity index (χ2n) is 7.43. The summed E-state index contributed by atoms with van der Waals surface area (Å²) in [6.07, 6.45) is 0.922. The molecule has 0 aliphatic heterocycles. The molecular weight excluding hydrogens is 408 g/mol. The number of aryl methyl sites for hydroxylation is 1. The van der Waals surface area contributed by atoms with Crippen LogP contribution in [0.15, 0.2) is 48.5 Å². The van der Waals surface area contributed by atoms with Crippen LogP contribution in [0.1, 0.15) is 27.9 Å². The molecule has 1 aliphatic carbocycles. The van der Waals surface area contributed by atoms with Gasteiger partial charge in [-0.15, -0.1) is 0 Å². The molecular formula is C26H26O6. The number of ether oxygens (including phenoxy) is 5. The first-order chi connectivity index (χ1) is 15.6. The molecule has 1 aliphatic rings. The van der Waals surface area contributed by atoms with E-state index in [0.29, 0.717) is 53.8 Å². The fraction of sp³-hybridized carbons (Fsp3) is 0.269. The van der Waals surface area contributed by atoms with Gasteiger partial charge in [-0.25, -0.2) is 0 Å². The van der Waals surface area contributed by atoms with E-state index in [2.05, 4.69) is 0 Å². The zero-order chi connectivity index (χ0) is 22.7. The fourth-order valence-electron chi connectivity index (χ4n) is 4.09. The molecule has 0 spiro atoms. The lowest BCUT2D eigenvalue weighted by Crippen LogP contribution is -2.04. The van der Waals surface area contributed by atoms with Crippen LogP contribution in [0.5, 0.6) is 28.7 Å². The van der Waals surface area contributed by atoms with Gasteiger partial charge in [0, 0.05) is 23.1 Å². The number of rotatable bonds is 7. The summed E-state index contributed by atoms with van der Waals surface area (Å²) >= 11 is 0. The zero-order valence-electron chi connectivity index (χ0n) is 18.7. The highest BCUT2D eigenvalue weighted by atomic mass is 16.5. The lowest BCUT2D eigenvalue weighted by Gasteiger charge is -2.20. The highest BCUT2D eigenvalue weighted by Gasteiger charge is 2.29. The van der Waals surface area contributed by atoms with Gasteiger partial charge in [-0.2, -0.15) is 0 Å². The van der Waals surface area contributed by atoms with E-state index in [-0.39, 0.29) is 5.78 Å². The van der Waals surface area contributed by atoms with Gasteiger partial charge in [0.1, 0.15) is 6.61 Å². The van der Waals surface area contributed by atoms with Crippen LogP contribution in [0.4, 0.5) is 0 Å². The number of Topliss-reactive ketones (excluding diaryl/α,β-unsaturated/α-hetero) is 1. The Bertz CT molecular complexity index is 1140. The van der Waals surface area contributed by atoms with Gasteiger partial charge in [0.15, 0.2) is 28.8 Å². The summed E-state index contributed by atoms with van der Waals surface area (Å²) in [5.41, 5.74) is 4.08. The van der Waals surface area contributed by atoms with Crippen molar-refractivity contribution in [3.63, 3.8) is 0 Å². The average Bonchev–Trinajstić information content (AvgIpc) is 2.97. The number of methoxy groups -OCH3 is 4. The summed E-state index contributed by atoms with van der Waals surface area (Å²) < 4.78 is 28.5. The minimum atomic E-state index is 0.0309. The summed E-state index contributed by atoms with van der Waals surface area (Å²) in [6, 6.07) is 15.4. The Hall–Kier alpha value is -3.67. The van der Waals surface area contributed by atoms with E-state index in [9.17, 15) is 4.79 Å². The second kappa shape index (κ2) is 9.22. The highest BCUT2D eigenvalue weighted by Crippen LogP contribution is 2.50. The maximum Gasteiger partial charge on any atom is 0.203 e. The zero-order valence-corrected chi connectivity index (χ0v) is 18.7. The van der Waals surface area contributed by atoms with Gasteiger partial charge in [-0.05, 0) is 35.7 Å². The molecule has 166 valence electrons. The van der Waals surface area contributed by atoms with Crippen LogP contribution in [0, 0.1) is 0 Å². The molecule has 0 atom stereocenters. The summed E-state index contributed by atoms with van der Waals surface area (Å²) in [6.45, 7) is 0.370. The van der Waals surface area contributed by atoms with Gasteiger partial charge < -0.3 is 23.7 Å². The largest absolute Gasteiger partial charge is 0.493 e. The number of hydrogen-bond donors (Lipinski definition) is 0. The normalized spacial score (nSPS) is 12.3. The molecule has 0 aromatic heterocycles. The van der Waals surface area contributed by atoms with Gasteiger partial charge in [0.2, 0.25) is 5.75 Å². The van der Waals surface area contributed by atoms with Gasteiger partial charge in [-0.1, -0.05) is 30.3 Å². The summed E-state index contributed by atoms with van der Waals surface area (Å²) in [5.74, 6) is 2.66. The maximum atomic E-state index is 13.1. The van der Waals surface area contributed by atoms with Crippen LogP contribution >= 0.6 is 0 Å². The van der Waals surface area contributed by atoms with Crippen molar-refractivity contribution in [3.8, 4) is 39.9 Å². The third-order valence-corrected chi connectivity index (χ3v) is 5.64. The first-order valence-electron chi connectivity index (χ1n) is 10.3. The standard InChI is InChI=1S/C26H26O6/c1-28-21-14-19-18(13-22(21)32-15-16-8-6-5-7-9-16)20(27)11-10-17-12-23(29-2)25(30-3)26(31-4)24(17)19/h5-9,12-14H,10-11,15H2,1-4H3. The third kappa shape index (κ3) is 3.84. The van der Waals surface area contributed by atoms with Crippen LogP contribution in [-0.4, -0.2) is 34.2 Å². The molecule has 3 aromatic rings. The Morgan fingerprint density at radius 3 is 2.06 bits per heavy atom. The van der Waals surface area contributed by atoms with E-state index < -0.39 is 0 Å². The smallest absolute Gasteiger partial charge is 0.203 e. The van der Waals surface area contributed by atoms with Crippen molar-refractivity contribution in [2.45, 2.75) is 19.4 Å². The number of carbonyl (C=O) groups is 1. The summed E-state index contributed by atoms with van der Waals surface area (Å²) in [4.78, 5) is 13.1. The van der Waals surface area contributed by atoms with Crippen molar-refractivity contribution < 1.29 is 28.5 Å². The van der Waals surface area contributed by atoms with Crippen LogP contribution in [0.2, 0.25) is 0 Å². The number of benzene rings is 3. The van der Waals surface area contributed by atoms with Crippen molar-refractivity contribution in [2.24, 2.45) is 0 Å². The van der Waals surface area contributed by atoms with E-state index in [4.69, 9.17) is 23.7 Å². The summed E-state index contributed by atoms with van der Waals surface area (Å²) in [5, 5.41) is 0. The molecule has 0 bridgehead atoms. The van der Waals surface area contributed by atoms with E-state index in [1.54, 1.807) is 34.5 Å². The minimum absolute atomic E-state index is 0.0309. The van der Waals surface area contributed by atoms with Crippen molar-refractivity contribution in [1.82, 2.24) is 0 Å². The summed E-state index contributed by atoms with van der Waals surface area (Å²) in [7, 11) is 6.32. The highest BCUT2D eigenvalue weighted by molar-refractivity contribution is 6.06. The van der Waals surface area contributed by atoms with E-state index in [1.165, 1.54) is 0 Å². The first kappa shape index (κ1) is 21.6. The quantitative estimate of drug-likeness (QED) is 0.516. The molecule has 0 unspecified atom stereocenters. The monoisotopic (exact) mass is 434 g/mol. The minimum Gasteiger partial charge on any atom is -0.493 e. The molecule has 0 fully saturated rings. The van der Waals surface area contributed by atoms with Gasteiger partial charge >= 0.3 is 0 Å². The van der Waals surface area contributed by atoms with Gasteiger partial charge in [0.05, 0.1) is 28.4 Å². The van der Waals surface area contributed by atoms with Crippen LogP contribution < -0.4 is 23.7 Å². The van der Waals surface area contributed by atoms with Crippen molar-refractivity contribution in [1.29, 1.82) is 0 Å². The molecule has 32 heavy (non-hydrogen) atoms. The topological polar surface area (TPSA) is 63.2 Å². The van der Waals surface area contributed by atoms with E-state index >= 15 is 0 Å². The molecule has 6 nitrogen and oxygen atoms in total.